The zero-order valence-corrected chi connectivity index (χ0v) is 13.3. The minimum Gasteiger partial charge on any atom is -0.496 e. The Balaban J connectivity index is 2.14. The first-order valence-electron chi connectivity index (χ1n) is 7.29. The van der Waals surface area contributed by atoms with Crippen molar-refractivity contribution in [1.82, 2.24) is 4.90 Å². The number of halogens is 1. The van der Waals surface area contributed by atoms with Crippen LogP contribution in [0.2, 0.25) is 5.02 Å². The molecule has 1 N–H and O–H groups in total. The minimum atomic E-state index is -0.682. The average molecular weight is 312 g/mol. The van der Waals surface area contributed by atoms with Gasteiger partial charge in [0.1, 0.15) is 5.75 Å². The maximum absolute atomic E-state index is 11.6. The van der Waals surface area contributed by atoms with Gasteiger partial charge in [0, 0.05) is 23.7 Å². The third-order valence-corrected chi connectivity index (χ3v) is 4.65. The molecule has 0 amide bonds. The summed E-state index contributed by atoms with van der Waals surface area (Å²) in [5, 5.41) is 10.2. The first-order valence-corrected chi connectivity index (χ1v) is 7.67. The van der Waals surface area contributed by atoms with Crippen LogP contribution in [0.3, 0.4) is 0 Å². The highest BCUT2D eigenvalue weighted by Gasteiger charge is 2.43. The van der Waals surface area contributed by atoms with E-state index in [0.29, 0.717) is 24.5 Å². The first-order chi connectivity index (χ1) is 10.0. The van der Waals surface area contributed by atoms with Gasteiger partial charge in [-0.1, -0.05) is 31.0 Å². The Hall–Kier alpha value is -1.26. The number of methoxy groups -OCH3 is 1. The van der Waals surface area contributed by atoms with Gasteiger partial charge >= 0.3 is 5.97 Å². The van der Waals surface area contributed by atoms with Crippen LogP contribution in [0.1, 0.15) is 31.7 Å². The van der Waals surface area contributed by atoms with Crippen LogP contribution in [-0.4, -0.2) is 36.2 Å². The molecule has 1 saturated heterocycles. The highest BCUT2D eigenvalue weighted by Crippen LogP contribution is 2.37. The molecule has 1 atom stereocenters. The second-order valence-corrected chi connectivity index (χ2v) is 6.12. The predicted octanol–water partition coefficient (Wildman–Crippen LogP) is 3.43. The number of benzene rings is 1. The fourth-order valence-electron chi connectivity index (χ4n) is 3.16. The number of ether oxygens (including phenoxy) is 1. The van der Waals surface area contributed by atoms with E-state index in [2.05, 4.69) is 4.90 Å². The summed E-state index contributed by atoms with van der Waals surface area (Å²) < 4.78 is 5.36. The molecule has 1 aliphatic rings. The predicted molar refractivity (Wildman–Crippen MR) is 82.9 cm³/mol. The lowest BCUT2D eigenvalue weighted by molar-refractivity contribution is -0.148. The van der Waals surface area contributed by atoms with Gasteiger partial charge in [0.15, 0.2) is 0 Å². The lowest BCUT2D eigenvalue weighted by Gasteiger charge is -2.24. The summed E-state index contributed by atoms with van der Waals surface area (Å²) in [6.45, 7) is 4.01. The zero-order valence-electron chi connectivity index (χ0n) is 12.6. The monoisotopic (exact) mass is 311 g/mol. The number of hydrogen-bond donors (Lipinski definition) is 1. The minimum absolute atomic E-state index is 0.574. The molecule has 4 nitrogen and oxygen atoms in total. The number of likely N-dealkylation sites (tertiary alicyclic amines) is 1. The van der Waals surface area contributed by atoms with Gasteiger partial charge in [0.25, 0.3) is 0 Å². The summed E-state index contributed by atoms with van der Waals surface area (Å²) in [7, 11) is 1.62. The molecule has 116 valence electrons. The number of carbonyl (C=O) groups is 1. The van der Waals surface area contributed by atoms with Gasteiger partial charge in [-0.15, -0.1) is 0 Å². The highest BCUT2D eigenvalue weighted by atomic mass is 35.5. The van der Waals surface area contributed by atoms with E-state index in [1.807, 2.05) is 25.1 Å². The van der Waals surface area contributed by atoms with Crippen molar-refractivity contribution < 1.29 is 14.6 Å². The number of hydrogen-bond acceptors (Lipinski definition) is 3. The van der Waals surface area contributed by atoms with E-state index >= 15 is 0 Å². The standard InChI is InChI=1S/C16H22ClNO3/c1-3-7-16(15(19)20)8-9-18(11-16)10-12-13(17)5-4-6-14(12)21-2/h4-6H,3,7-11H2,1-2H3,(H,19,20). The van der Waals surface area contributed by atoms with Crippen molar-refractivity contribution in [3.8, 4) is 5.75 Å². The van der Waals surface area contributed by atoms with Gasteiger partial charge in [-0.25, -0.2) is 0 Å². The van der Waals surface area contributed by atoms with Crippen molar-refractivity contribution in [2.24, 2.45) is 5.41 Å². The van der Waals surface area contributed by atoms with Gasteiger partial charge in [-0.05, 0) is 31.5 Å². The third kappa shape index (κ3) is 3.33. The van der Waals surface area contributed by atoms with Crippen LogP contribution in [-0.2, 0) is 11.3 Å². The van der Waals surface area contributed by atoms with E-state index < -0.39 is 11.4 Å². The smallest absolute Gasteiger partial charge is 0.310 e. The van der Waals surface area contributed by atoms with Crippen molar-refractivity contribution in [1.29, 1.82) is 0 Å². The van der Waals surface area contributed by atoms with Crippen molar-refractivity contribution in [2.45, 2.75) is 32.7 Å². The van der Waals surface area contributed by atoms with Gasteiger partial charge in [0.05, 0.1) is 12.5 Å². The first kappa shape index (κ1) is 16.1. The van der Waals surface area contributed by atoms with E-state index in [0.717, 1.165) is 30.7 Å². The number of carboxylic acids is 1. The average Bonchev–Trinajstić information content (AvgIpc) is 2.86. The van der Waals surface area contributed by atoms with E-state index in [9.17, 15) is 9.90 Å². The Kier molecular flexibility index (Phi) is 5.12. The van der Waals surface area contributed by atoms with Gasteiger partial charge in [0.2, 0.25) is 0 Å². The molecular formula is C16H22ClNO3. The van der Waals surface area contributed by atoms with Crippen LogP contribution in [0.5, 0.6) is 5.75 Å². The quantitative estimate of drug-likeness (QED) is 0.874. The SMILES string of the molecule is CCCC1(C(=O)O)CCN(Cc2c(Cl)cccc2OC)C1. The summed E-state index contributed by atoms with van der Waals surface area (Å²) >= 11 is 6.26. The van der Waals surface area contributed by atoms with Crippen LogP contribution in [0, 0.1) is 5.41 Å². The Morgan fingerprint density at radius 3 is 2.90 bits per heavy atom. The molecule has 2 rings (SSSR count). The molecule has 5 heteroatoms. The molecule has 0 spiro atoms. The molecular weight excluding hydrogens is 290 g/mol. The van der Waals surface area contributed by atoms with Gasteiger partial charge in [-0.3, -0.25) is 9.69 Å². The molecule has 0 radical (unpaired) electrons. The number of carboxylic acid groups (broad SMARTS) is 1. The lowest BCUT2D eigenvalue weighted by atomic mass is 9.83. The fraction of sp³-hybridized carbons (Fsp3) is 0.562. The van der Waals surface area contributed by atoms with Gasteiger partial charge < -0.3 is 9.84 Å². The lowest BCUT2D eigenvalue weighted by Crippen LogP contribution is -2.34. The summed E-state index contributed by atoms with van der Waals surface area (Å²) in [6, 6.07) is 5.58. The molecule has 1 aromatic rings. The molecule has 0 aromatic heterocycles. The van der Waals surface area contributed by atoms with E-state index in [-0.39, 0.29) is 0 Å². The Bertz CT molecular complexity index is 520. The molecule has 0 aliphatic carbocycles. The fourth-order valence-corrected chi connectivity index (χ4v) is 3.39. The van der Waals surface area contributed by atoms with Crippen LogP contribution in [0.4, 0.5) is 0 Å². The Labute approximate surface area is 130 Å². The Morgan fingerprint density at radius 2 is 2.29 bits per heavy atom. The molecule has 1 heterocycles. The molecule has 0 saturated carbocycles. The van der Waals surface area contributed by atoms with Crippen molar-refractivity contribution >= 4 is 17.6 Å². The molecule has 1 unspecified atom stereocenters. The second-order valence-electron chi connectivity index (χ2n) is 5.72. The Morgan fingerprint density at radius 1 is 1.52 bits per heavy atom. The molecule has 1 aliphatic heterocycles. The van der Waals surface area contributed by atoms with Crippen LogP contribution < -0.4 is 4.74 Å². The largest absolute Gasteiger partial charge is 0.496 e. The number of rotatable bonds is 6. The summed E-state index contributed by atoms with van der Waals surface area (Å²) in [5.41, 5.74) is 0.322. The summed E-state index contributed by atoms with van der Waals surface area (Å²) in [6.07, 6.45) is 2.30. The zero-order chi connectivity index (χ0) is 15.5. The maximum atomic E-state index is 11.6. The molecule has 1 fully saturated rings. The maximum Gasteiger partial charge on any atom is 0.310 e. The normalized spacial score (nSPS) is 22.4. The number of nitrogens with zero attached hydrogens (tertiary/aromatic N) is 1. The highest BCUT2D eigenvalue weighted by molar-refractivity contribution is 6.31. The summed E-state index contributed by atoms with van der Waals surface area (Å²) in [5.74, 6) is 0.0730. The van der Waals surface area contributed by atoms with Crippen LogP contribution in [0.25, 0.3) is 0 Å². The van der Waals surface area contributed by atoms with E-state index in [4.69, 9.17) is 16.3 Å². The third-order valence-electron chi connectivity index (χ3n) is 4.29. The van der Waals surface area contributed by atoms with Crippen molar-refractivity contribution in [3.63, 3.8) is 0 Å². The topological polar surface area (TPSA) is 49.8 Å². The molecule has 0 bridgehead atoms. The van der Waals surface area contributed by atoms with Crippen molar-refractivity contribution in [2.75, 3.05) is 20.2 Å². The molecule has 1 aromatic carbocycles. The van der Waals surface area contributed by atoms with Gasteiger partial charge in [-0.2, -0.15) is 0 Å². The van der Waals surface area contributed by atoms with E-state index in [1.54, 1.807) is 7.11 Å². The summed E-state index contributed by atoms with van der Waals surface area (Å²) in [4.78, 5) is 13.8. The van der Waals surface area contributed by atoms with Crippen LogP contribution in [0.15, 0.2) is 18.2 Å². The molecule has 21 heavy (non-hydrogen) atoms. The van der Waals surface area contributed by atoms with Crippen molar-refractivity contribution in [3.05, 3.63) is 28.8 Å². The number of aliphatic carboxylic acids is 1. The second kappa shape index (κ2) is 6.67. The van der Waals surface area contributed by atoms with Crippen LogP contribution >= 0.6 is 11.6 Å². The van der Waals surface area contributed by atoms with E-state index in [1.165, 1.54) is 0 Å².